The topological polar surface area (TPSA) is 85.4 Å². The molecule has 0 radical (unpaired) electrons. The number of ether oxygens (including phenoxy) is 1. The third-order valence-electron chi connectivity index (χ3n) is 5.07. The van der Waals surface area contributed by atoms with E-state index in [1.165, 1.54) is 0 Å². The average molecular weight is 383 g/mol. The molecule has 4 rings (SSSR count). The number of nitrogens with zero attached hydrogens (tertiary/aromatic N) is 4. The van der Waals surface area contributed by atoms with Crippen LogP contribution < -0.4 is 15.0 Å². The van der Waals surface area contributed by atoms with Gasteiger partial charge in [-0.25, -0.2) is 0 Å². The Kier molecular flexibility index (Phi) is 5.45. The van der Waals surface area contributed by atoms with Crippen LogP contribution >= 0.6 is 0 Å². The summed E-state index contributed by atoms with van der Waals surface area (Å²) in [4.78, 5) is 19.0. The second-order valence-electron chi connectivity index (χ2n) is 7.11. The number of piperidine rings is 1. The lowest BCUT2D eigenvalue weighted by Crippen LogP contribution is -2.38. The van der Waals surface area contributed by atoms with Gasteiger partial charge in [-0.3, -0.25) is 9.48 Å². The van der Waals surface area contributed by atoms with Crippen molar-refractivity contribution in [2.75, 3.05) is 31.6 Å². The lowest BCUT2D eigenvalue weighted by molar-refractivity contribution is -0.122. The molecule has 1 aliphatic heterocycles. The summed E-state index contributed by atoms with van der Waals surface area (Å²) >= 11 is 0. The molecule has 1 fully saturated rings. The van der Waals surface area contributed by atoms with Crippen LogP contribution in [0.2, 0.25) is 0 Å². The Balaban J connectivity index is 1.31. The largest absolute Gasteiger partial charge is 0.497 e. The molecule has 1 amide bonds. The van der Waals surface area contributed by atoms with Crippen molar-refractivity contribution in [3.63, 3.8) is 0 Å². The molecule has 1 saturated heterocycles. The zero-order chi connectivity index (χ0) is 19.3. The van der Waals surface area contributed by atoms with E-state index in [9.17, 15) is 4.79 Å². The Morgan fingerprint density at radius 3 is 3.18 bits per heavy atom. The lowest BCUT2D eigenvalue weighted by Gasteiger charge is -2.31. The summed E-state index contributed by atoms with van der Waals surface area (Å²) in [6, 6.07) is 8.10. The molecule has 8 nitrogen and oxygen atoms in total. The van der Waals surface area contributed by atoms with Gasteiger partial charge in [-0.2, -0.15) is 10.1 Å². The van der Waals surface area contributed by atoms with E-state index in [-0.39, 0.29) is 5.91 Å². The summed E-state index contributed by atoms with van der Waals surface area (Å²) < 4.78 is 13.0. The molecule has 8 heteroatoms. The Morgan fingerprint density at radius 2 is 2.36 bits per heavy atom. The Labute approximate surface area is 163 Å². The number of benzene rings is 1. The zero-order valence-electron chi connectivity index (χ0n) is 16.0. The Morgan fingerprint density at radius 1 is 1.43 bits per heavy atom. The van der Waals surface area contributed by atoms with Gasteiger partial charge in [-0.1, -0.05) is 0 Å². The molecule has 1 aromatic carbocycles. The highest BCUT2D eigenvalue weighted by Crippen LogP contribution is 2.29. The minimum Gasteiger partial charge on any atom is -0.497 e. The normalized spacial score (nSPS) is 17.0. The van der Waals surface area contributed by atoms with Crippen LogP contribution in [-0.4, -0.2) is 47.4 Å². The van der Waals surface area contributed by atoms with Crippen LogP contribution in [0.25, 0.3) is 11.1 Å². The van der Waals surface area contributed by atoms with Gasteiger partial charge in [0, 0.05) is 44.5 Å². The molecule has 0 aliphatic carbocycles. The maximum absolute atomic E-state index is 12.3. The number of rotatable bonds is 7. The first-order valence-corrected chi connectivity index (χ1v) is 9.65. The van der Waals surface area contributed by atoms with Crippen molar-refractivity contribution < 1.29 is 13.9 Å². The summed E-state index contributed by atoms with van der Waals surface area (Å²) in [7, 11) is 1.64. The van der Waals surface area contributed by atoms with E-state index in [0.717, 1.165) is 42.8 Å². The van der Waals surface area contributed by atoms with Crippen LogP contribution in [0.4, 0.5) is 6.01 Å². The monoisotopic (exact) mass is 383 g/mol. The van der Waals surface area contributed by atoms with Gasteiger partial charge >= 0.3 is 0 Å². The molecule has 1 unspecified atom stereocenters. The van der Waals surface area contributed by atoms with E-state index >= 15 is 0 Å². The fourth-order valence-corrected chi connectivity index (χ4v) is 3.64. The smallest absolute Gasteiger partial charge is 0.298 e. The fourth-order valence-electron chi connectivity index (χ4n) is 3.64. The number of methoxy groups -OCH3 is 1. The molecule has 1 aliphatic rings. The third kappa shape index (κ3) is 4.27. The highest BCUT2D eigenvalue weighted by molar-refractivity contribution is 5.77. The minimum absolute atomic E-state index is 0.0845. The van der Waals surface area contributed by atoms with E-state index < -0.39 is 0 Å². The Bertz CT molecular complexity index is 921. The minimum atomic E-state index is 0.0845. The number of hydrogen-bond acceptors (Lipinski definition) is 6. The van der Waals surface area contributed by atoms with Gasteiger partial charge in [0.15, 0.2) is 5.58 Å². The molecule has 0 bridgehead atoms. The van der Waals surface area contributed by atoms with E-state index in [1.807, 2.05) is 35.1 Å². The van der Waals surface area contributed by atoms with E-state index in [2.05, 4.69) is 20.3 Å². The number of oxazole rings is 1. The number of carbonyl (C=O) groups is 1. The number of fused-ring (bicyclic) bond motifs is 1. The molecular weight excluding hydrogens is 358 g/mol. The van der Waals surface area contributed by atoms with Gasteiger partial charge in [-0.15, -0.1) is 0 Å². The van der Waals surface area contributed by atoms with Crippen LogP contribution in [0.5, 0.6) is 5.75 Å². The second kappa shape index (κ2) is 8.33. The summed E-state index contributed by atoms with van der Waals surface area (Å²) in [6.07, 6.45) is 6.20. The number of amides is 1. The number of aromatic nitrogens is 3. The molecule has 28 heavy (non-hydrogen) atoms. The molecule has 148 valence electrons. The van der Waals surface area contributed by atoms with Crippen molar-refractivity contribution in [2.45, 2.75) is 25.8 Å². The molecular formula is C20H25N5O3. The van der Waals surface area contributed by atoms with Gasteiger partial charge in [0.2, 0.25) is 5.91 Å². The Hall–Kier alpha value is -3.03. The molecule has 3 heterocycles. The molecule has 3 aromatic rings. The molecule has 1 atom stereocenters. The van der Waals surface area contributed by atoms with E-state index in [1.54, 1.807) is 13.3 Å². The van der Waals surface area contributed by atoms with Crippen LogP contribution in [0.3, 0.4) is 0 Å². The van der Waals surface area contributed by atoms with Gasteiger partial charge in [0.05, 0.1) is 13.7 Å². The fraction of sp³-hybridized carbons (Fsp3) is 0.450. The lowest BCUT2D eigenvalue weighted by atomic mass is 9.95. The van der Waals surface area contributed by atoms with Crippen molar-refractivity contribution in [3.05, 3.63) is 36.7 Å². The maximum atomic E-state index is 12.3. The average Bonchev–Trinajstić information content (AvgIpc) is 3.37. The van der Waals surface area contributed by atoms with Gasteiger partial charge < -0.3 is 19.4 Å². The van der Waals surface area contributed by atoms with E-state index in [4.69, 9.17) is 9.15 Å². The molecule has 0 spiro atoms. The first kappa shape index (κ1) is 18.3. The van der Waals surface area contributed by atoms with Gasteiger partial charge in [-0.05, 0) is 37.0 Å². The van der Waals surface area contributed by atoms with Crippen molar-refractivity contribution >= 4 is 23.0 Å². The highest BCUT2D eigenvalue weighted by atomic mass is 16.5. The predicted octanol–water partition coefficient (Wildman–Crippen LogP) is 2.46. The summed E-state index contributed by atoms with van der Waals surface area (Å²) in [5, 5.41) is 7.12. The van der Waals surface area contributed by atoms with Crippen LogP contribution in [0, 0.1) is 5.92 Å². The number of hydrogen-bond donors (Lipinski definition) is 1. The maximum Gasteiger partial charge on any atom is 0.298 e. The second-order valence-corrected chi connectivity index (χ2v) is 7.11. The zero-order valence-corrected chi connectivity index (χ0v) is 16.0. The quantitative estimate of drug-likeness (QED) is 0.675. The highest BCUT2D eigenvalue weighted by Gasteiger charge is 2.25. The summed E-state index contributed by atoms with van der Waals surface area (Å²) in [5.74, 6) is 1.14. The number of carbonyl (C=O) groups excluding carboxylic acids is 1. The van der Waals surface area contributed by atoms with Crippen molar-refractivity contribution in [3.8, 4) is 5.75 Å². The first-order chi connectivity index (χ1) is 13.7. The number of nitrogens with one attached hydrogen (secondary N) is 1. The van der Waals surface area contributed by atoms with Crippen molar-refractivity contribution in [2.24, 2.45) is 5.92 Å². The standard InChI is InChI=1S/C20H25N5O3/c1-27-16-5-6-18-17(13-16)23-20(28-18)24-9-2-4-15(14-24)12-19(26)21-8-11-25-10-3-7-22-25/h3,5-7,10,13,15H,2,4,8-9,11-12,14H2,1H3,(H,21,26). The summed E-state index contributed by atoms with van der Waals surface area (Å²) in [5.41, 5.74) is 1.53. The van der Waals surface area contributed by atoms with Crippen molar-refractivity contribution in [1.29, 1.82) is 0 Å². The third-order valence-corrected chi connectivity index (χ3v) is 5.07. The molecule has 0 saturated carbocycles. The van der Waals surface area contributed by atoms with Crippen LogP contribution in [0.1, 0.15) is 19.3 Å². The van der Waals surface area contributed by atoms with Crippen molar-refractivity contribution in [1.82, 2.24) is 20.1 Å². The number of anilines is 1. The van der Waals surface area contributed by atoms with Gasteiger partial charge in [0.1, 0.15) is 11.3 Å². The van der Waals surface area contributed by atoms with E-state index in [0.29, 0.717) is 31.4 Å². The van der Waals surface area contributed by atoms with Crippen LogP contribution in [-0.2, 0) is 11.3 Å². The molecule has 1 N–H and O–H groups in total. The first-order valence-electron chi connectivity index (χ1n) is 9.65. The van der Waals surface area contributed by atoms with Gasteiger partial charge in [0.25, 0.3) is 6.01 Å². The SMILES string of the molecule is COc1ccc2oc(N3CCCC(CC(=O)NCCn4cccn4)C3)nc2c1. The predicted molar refractivity (Wildman–Crippen MR) is 105 cm³/mol. The summed E-state index contributed by atoms with van der Waals surface area (Å²) in [6.45, 7) is 2.93. The molecule has 2 aromatic heterocycles. The van der Waals surface area contributed by atoms with Crippen LogP contribution in [0.15, 0.2) is 41.1 Å².